The first-order valence-corrected chi connectivity index (χ1v) is 11.6. The summed E-state index contributed by atoms with van der Waals surface area (Å²) in [5, 5.41) is 11.2. The van der Waals surface area contributed by atoms with Crippen molar-refractivity contribution in [2.24, 2.45) is 4.99 Å². The maximum Gasteiger partial charge on any atom is 0.191 e. The van der Waals surface area contributed by atoms with Gasteiger partial charge in [-0.05, 0) is 46.0 Å². The average molecular weight is 542 g/mol. The van der Waals surface area contributed by atoms with Crippen molar-refractivity contribution >= 4 is 41.3 Å². The van der Waals surface area contributed by atoms with Crippen LogP contribution >= 0.6 is 35.3 Å². The lowest BCUT2D eigenvalue weighted by Gasteiger charge is -2.34. The van der Waals surface area contributed by atoms with E-state index in [0.29, 0.717) is 5.92 Å². The minimum Gasteiger partial charge on any atom is -0.356 e. The van der Waals surface area contributed by atoms with Crippen LogP contribution in [0.15, 0.2) is 46.1 Å². The SMILES string of the molecule is CCN1CCN(Cc2ccc(CNC(=NC)NCC(C)c3ccsc3)cc2)CC1.I. The highest BCUT2D eigenvalue weighted by Crippen LogP contribution is 2.17. The summed E-state index contributed by atoms with van der Waals surface area (Å²) in [5.74, 6) is 1.32. The zero-order valence-electron chi connectivity index (χ0n) is 18.4. The molecule has 7 heteroatoms. The van der Waals surface area contributed by atoms with Gasteiger partial charge in [-0.25, -0.2) is 0 Å². The van der Waals surface area contributed by atoms with Crippen LogP contribution in [0.5, 0.6) is 0 Å². The largest absolute Gasteiger partial charge is 0.356 e. The number of guanidine groups is 1. The van der Waals surface area contributed by atoms with E-state index in [1.807, 2.05) is 7.05 Å². The van der Waals surface area contributed by atoms with E-state index < -0.39 is 0 Å². The number of rotatable bonds is 8. The average Bonchev–Trinajstić information content (AvgIpc) is 3.30. The van der Waals surface area contributed by atoms with Gasteiger partial charge in [0.2, 0.25) is 0 Å². The molecule has 30 heavy (non-hydrogen) atoms. The van der Waals surface area contributed by atoms with Gasteiger partial charge in [0.1, 0.15) is 0 Å². The van der Waals surface area contributed by atoms with Crippen LogP contribution in [0.2, 0.25) is 0 Å². The Morgan fingerprint density at radius 2 is 1.70 bits per heavy atom. The lowest BCUT2D eigenvalue weighted by Crippen LogP contribution is -2.45. The van der Waals surface area contributed by atoms with Crippen LogP contribution < -0.4 is 10.6 Å². The molecule has 0 spiro atoms. The number of aliphatic imine (C=N–C) groups is 1. The minimum absolute atomic E-state index is 0. The maximum absolute atomic E-state index is 4.35. The van der Waals surface area contributed by atoms with E-state index in [-0.39, 0.29) is 24.0 Å². The number of thiophene rings is 1. The molecule has 0 aliphatic carbocycles. The molecule has 0 amide bonds. The second-order valence-corrected chi connectivity index (χ2v) is 8.57. The number of nitrogens with one attached hydrogen (secondary N) is 2. The molecule has 1 aliphatic rings. The summed E-state index contributed by atoms with van der Waals surface area (Å²) in [5.41, 5.74) is 4.05. The molecule has 1 unspecified atom stereocenters. The minimum atomic E-state index is 0. The van der Waals surface area contributed by atoms with Gasteiger partial charge in [-0.2, -0.15) is 11.3 Å². The maximum atomic E-state index is 4.35. The third-order valence-corrected chi connectivity index (χ3v) is 6.41. The van der Waals surface area contributed by atoms with E-state index in [9.17, 15) is 0 Å². The van der Waals surface area contributed by atoms with Gasteiger partial charge in [-0.1, -0.05) is 38.1 Å². The van der Waals surface area contributed by atoms with Gasteiger partial charge in [-0.15, -0.1) is 24.0 Å². The van der Waals surface area contributed by atoms with Gasteiger partial charge in [-0.3, -0.25) is 9.89 Å². The Balaban J connectivity index is 0.00000320. The van der Waals surface area contributed by atoms with E-state index >= 15 is 0 Å². The Morgan fingerprint density at radius 1 is 1.03 bits per heavy atom. The summed E-state index contributed by atoms with van der Waals surface area (Å²) in [6, 6.07) is 11.2. The molecule has 1 aromatic heterocycles. The smallest absolute Gasteiger partial charge is 0.191 e. The topological polar surface area (TPSA) is 42.9 Å². The highest BCUT2D eigenvalue weighted by molar-refractivity contribution is 14.0. The predicted octanol–water partition coefficient (Wildman–Crippen LogP) is 3.97. The molecule has 1 fully saturated rings. The Kier molecular flexibility index (Phi) is 11.1. The zero-order valence-corrected chi connectivity index (χ0v) is 21.6. The van der Waals surface area contributed by atoms with Crippen LogP contribution in [0.1, 0.15) is 36.5 Å². The second kappa shape index (κ2) is 13.3. The molecule has 1 aromatic carbocycles. The van der Waals surface area contributed by atoms with Crippen LogP contribution in [0.3, 0.4) is 0 Å². The first-order chi connectivity index (χ1) is 14.2. The van der Waals surface area contributed by atoms with Crippen LogP contribution in [-0.2, 0) is 13.1 Å². The van der Waals surface area contributed by atoms with Crippen molar-refractivity contribution in [2.45, 2.75) is 32.9 Å². The van der Waals surface area contributed by atoms with Crippen molar-refractivity contribution in [2.75, 3.05) is 46.3 Å². The number of hydrogen-bond donors (Lipinski definition) is 2. The van der Waals surface area contributed by atoms with Gasteiger partial charge in [0.05, 0.1) is 0 Å². The number of hydrogen-bond acceptors (Lipinski definition) is 4. The van der Waals surface area contributed by atoms with Crippen molar-refractivity contribution < 1.29 is 0 Å². The highest BCUT2D eigenvalue weighted by Gasteiger charge is 2.15. The quantitative estimate of drug-likeness (QED) is 0.302. The fourth-order valence-corrected chi connectivity index (χ4v) is 4.40. The molecular formula is C23H36IN5S. The van der Waals surface area contributed by atoms with E-state index in [1.165, 1.54) is 49.4 Å². The summed E-state index contributed by atoms with van der Waals surface area (Å²) < 4.78 is 0. The first kappa shape index (κ1) is 25.1. The summed E-state index contributed by atoms with van der Waals surface area (Å²) >= 11 is 1.75. The fourth-order valence-electron chi connectivity index (χ4n) is 3.61. The Bertz CT molecular complexity index is 739. The molecule has 2 heterocycles. The number of likely N-dealkylation sites (N-methyl/N-ethyl adjacent to an activating group) is 1. The second-order valence-electron chi connectivity index (χ2n) is 7.79. The molecule has 166 valence electrons. The monoisotopic (exact) mass is 541 g/mol. The molecule has 5 nitrogen and oxygen atoms in total. The lowest BCUT2D eigenvalue weighted by molar-refractivity contribution is 0.132. The molecule has 0 saturated carbocycles. The van der Waals surface area contributed by atoms with Crippen LogP contribution in [-0.4, -0.2) is 62.1 Å². The molecule has 3 rings (SSSR count). The highest BCUT2D eigenvalue weighted by atomic mass is 127. The van der Waals surface area contributed by atoms with Gasteiger partial charge in [0, 0.05) is 52.9 Å². The summed E-state index contributed by atoms with van der Waals surface area (Å²) in [6.45, 7) is 13.1. The van der Waals surface area contributed by atoms with Crippen molar-refractivity contribution in [1.29, 1.82) is 0 Å². The van der Waals surface area contributed by atoms with E-state index in [2.05, 4.69) is 80.4 Å². The first-order valence-electron chi connectivity index (χ1n) is 10.7. The predicted molar refractivity (Wildman–Crippen MR) is 140 cm³/mol. The van der Waals surface area contributed by atoms with Crippen molar-refractivity contribution in [3.05, 3.63) is 57.8 Å². The summed E-state index contributed by atoms with van der Waals surface area (Å²) in [6.07, 6.45) is 0. The molecule has 1 aliphatic heterocycles. The van der Waals surface area contributed by atoms with Crippen LogP contribution in [0.4, 0.5) is 0 Å². The van der Waals surface area contributed by atoms with Crippen LogP contribution in [0, 0.1) is 0 Å². The molecule has 2 N–H and O–H groups in total. The zero-order chi connectivity index (χ0) is 20.5. The van der Waals surface area contributed by atoms with Gasteiger partial charge in [0.25, 0.3) is 0 Å². The van der Waals surface area contributed by atoms with Gasteiger partial charge >= 0.3 is 0 Å². The molecule has 0 radical (unpaired) electrons. The number of piperazine rings is 1. The molecule has 1 atom stereocenters. The van der Waals surface area contributed by atoms with Crippen molar-refractivity contribution in [3.8, 4) is 0 Å². The Labute approximate surface area is 203 Å². The number of benzene rings is 1. The number of halogens is 1. The summed E-state index contributed by atoms with van der Waals surface area (Å²) in [4.78, 5) is 9.43. The number of nitrogens with zero attached hydrogens (tertiary/aromatic N) is 3. The van der Waals surface area contributed by atoms with Gasteiger partial charge < -0.3 is 15.5 Å². The standard InChI is InChI=1S/C23H35N5S.HI/c1-4-27-10-12-28(13-11-27)17-21-7-5-20(6-8-21)16-26-23(24-3)25-15-19(2)22-9-14-29-18-22;/h5-9,14,18-19H,4,10-13,15-17H2,1-3H3,(H2,24,25,26);1H. The van der Waals surface area contributed by atoms with E-state index in [4.69, 9.17) is 0 Å². The van der Waals surface area contributed by atoms with Crippen molar-refractivity contribution in [3.63, 3.8) is 0 Å². The fraction of sp³-hybridized carbons (Fsp3) is 0.522. The van der Waals surface area contributed by atoms with Gasteiger partial charge in [0.15, 0.2) is 5.96 Å². The molecule has 0 bridgehead atoms. The lowest BCUT2D eigenvalue weighted by atomic mass is 10.1. The summed E-state index contributed by atoms with van der Waals surface area (Å²) in [7, 11) is 1.83. The normalized spacial score (nSPS) is 16.7. The third-order valence-electron chi connectivity index (χ3n) is 5.71. The third kappa shape index (κ3) is 7.83. The Hall–Kier alpha value is -1.16. The van der Waals surface area contributed by atoms with E-state index in [1.54, 1.807) is 11.3 Å². The Morgan fingerprint density at radius 3 is 2.30 bits per heavy atom. The molecular weight excluding hydrogens is 505 g/mol. The molecule has 2 aromatic rings. The van der Waals surface area contributed by atoms with Crippen LogP contribution in [0.25, 0.3) is 0 Å². The van der Waals surface area contributed by atoms with E-state index in [0.717, 1.165) is 25.6 Å². The van der Waals surface area contributed by atoms with Crippen molar-refractivity contribution in [1.82, 2.24) is 20.4 Å². The molecule has 1 saturated heterocycles.